The number of aromatic nitrogens is 1. The number of thiazole rings is 1. The second-order valence-corrected chi connectivity index (χ2v) is 10.7. The molecule has 0 fully saturated rings. The summed E-state index contributed by atoms with van der Waals surface area (Å²) in [4.78, 5) is 53.8. The van der Waals surface area contributed by atoms with Crippen LogP contribution in [0.25, 0.3) is 10.2 Å². The Morgan fingerprint density at radius 2 is 1.74 bits per heavy atom. The van der Waals surface area contributed by atoms with Crippen LogP contribution in [0.4, 0.5) is 10.8 Å². The molecule has 3 aromatic carbocycles. The van der Waals surface area contributed by atoms with E-state index in [-0.39, 0.29) is 17.0 Å². The van der Waals surface area contributed by atoms with Gasteiger partial charge in [-0.25, -0.2) is 14.6 Å². The van der Waals surface area contributed by atoms with Crippen LogP contribution < -0.4 is 10.6 Å². The average molecular weight is 550 g/mol. The summed E-state index contributed by atoms with van der Waals surface area (Å²) < 4.78 is 0.994. The van der Waals surface area contributed by atoms with Gasteiger partial charge in [0.15, 0.2) is 5.13 Å². The van der Waals surface area contributed by atoms with Crippen LogP contribution in [0.3, 0.4) is 0 Å². The van der Waals surface area contributed by atoms with Crippen molar-refractivity contribution in [1.82, 2.24) is 4.98 Å². The Balaban J connectivity index is 1.46. The monoisotopic (exact) mass is 549 g/mol. The zero-order chi connectivity index (χ0) is 27.4. The fourth-order valence-corrected chi connectivity index (χ4v) is 5.64. The quantitative estimate of drug-likeness (QED) is 0.193. The van der Waals surface area contributed by atoms with Gasteiger partial charge in [0.2, 0.25) is 5.91 Å². The first-order valence-corrected chi connectivity index (χ1v) is 13.2. The minimum Gasteiger partial charge on any atom is -0.478 e. The van der Waals surface area contributed by atoms with Gasteiger partial charge in [-0.3, -0.25) is 9.59 Å². The second kappa shape index (κ2) is 11.4. The van der Waals surface area contributed by atoms with Gasteiger partial charge in [-0.05, 0) is 67.4 Å². The lowest BCUT2D eigenvalue weighted by molar-refractivity contribution is -0.115. The van der Waals surface area contributed by atoms with E-state index in [9.17, 15) is 24.3 Å². The van der Waals surface area contributed by atoms with Crippen molar-refractivity contribution >= 4 is 67.9 Å². The molecule has 0 aliphatic carbocycles. The number of benzene rings is 3. The molecule has 4 aromatic rings. The summed E-state index contributed by atoms with van der Waals surface area (Å²) in [6.07, 6.45) is 0.551. The fourth-order valence-electron chi connectivity index (χ4n) is 3.66. The Labute approximate surface area is 225 Å². The smallest absolute Gasteiger partial charge is 0.336 e. The molecule has 0 spiro atoms. The Kier molecular flexibility index (Phi) is 8.08. The number of rotatable bonds is 9. The van der Waals surface area contributed by atoms with Crippen molar-refractivity contribution in [2.24, 2.45) is 0 Å². The van der Waals surface area contributed by atoms with Crippen molar-refractivity contribution < 1.29 is 29.4 Å². The number of fused-ring (bicyclic) bond motifs is 1. The Morgan fingerprint density at radius 3 is 2.45 bits per heavy atom. The highest BCUT2D eigenvalue weighted by atomic mass is 32.2. The molecule has 0 bridgehead atoms. The van der Waals surface area contributed by atoms with Gasteiger partial charge in [0, 0.05) is 10.6 Å². The number of carboxylic acids is 2. The summed E-state index contributed by atoms with van der Waals surface area (Å²) in [6, 6.07) is 16.0. The van der Waals surface area contributed by atoms with Crippen molar-refractivity contribution in [2.45, 2.75) is 30.4 Å². The maximum Gasteiger partial charge on any atom is 0.336 e. The molecule has 0 saturated carbocycles. The van der Waals surface area contributed by atoms with Crippen LogP contribution in [0, 0.1) is 6.92 Å². The normalized spacial score (nSPS) is 11.6. The molecule has 0 radical (unpaired) electrons. The molecule has 9 nitrogen and oxygen atoms in total. The van der Waals surface area contributed by atoms with Crippen molar-refractivity contribution in [1.29, 1.82) is 0 Å². The Hall–Kier alpha value is -4.22. The van der Waals surface area contributed by atoms with Crippen LogP contribution in [0.15, 0.2) is 65.6 Å². The van der Waals surface area contributed by atoms with Crippen LogP contribution in [0.1, 0.15) is 50.0 Å². The first kappa shape index (κ1) is 26.8. The lowest BCUT2D eigenvalue weighted by Gasteiger charge is -2.14. The number of carboxylic acid groups (broad SMARTS) is 2. The van der Waals surface area contributed by atoms with Gasteiger partial charge < -0.3 is 20.8 Å². The minimum absolute atomic E-state index is 0.169. The highest BCUT2D eigenvalue weighted by Crippen LogP contribution is 2.31. The number of aromatic carboxylic acids is 2. The summed E-state index contributed by atoms with van der Waals surface area (Å²) in [6.45, 7) is 3.90. The van der Waals surface area contributed by atoms with E-state index >= 15 is 0 Å². The topological polar surface area (TPSA) is 146 Å². The number of aryl methyl sites for hydroxylation is 1. The third-order valence-corrected chi connectivity index (χ3v) is 7.84. The van der Waals surface area contributed by atoms with E-state index in [1.54, 1.807) is 24.3 Å². The summed E-state index contributed by atoms with van der Waals surface area (Å²) in [5, 5.41) is 24.2. The van der Waals surface area contributed by atoms with E-state index in [1.165, 1.54) is 35.2 Å². The van der Waals surface area contributed by atoms with E-state index in [1.807, 2.05) is 32.0 Å². The number of carbonyl (C=O) groups is 4. The molecule has 1 atom stereocenters. The van der Waals surface area contributed by atoms with Gasteiger partial charge in [0.25, 0.3) is 5.91 Å². The van der Waals surface area contributed by atoms with E-state index in [4.69, 9.17) is 5.11 Å². The zero-order valence-electron chi connectivity index (χ0n) is 20.3. The predicted octanol–water partition coefficient (Wildman–Crippen LogP) is 5.76. The van der Waals surface area contributed by atoms with Crippen molar-refractivity contribution in [3.63, 3.8) is 0 Å². The number of amides is 2. The van der Waals surface area contributed by atoms with Crippen molar-refractivity contribution in [3.05, 3.63) is 82.9 Å². The maximum absolute atomic E-state index is 13.0. The van der Waals surface area contributed by atoms with Crippen molar-refractivity contribution in [2.75, 3.05) is 10.6 Å². The first-order chi connectivity index (χ1) is 18.1. The van der Waals surface area contributed by atoms with E-state index in [0.29, 0.717) is 17.2 Å². The van der Waals surface area contributed by atoms with Crippen molar-refractivity contribution in [3.8, 4) is 0 Å². The third-order valence-electron chi connectivity index (χ3n) is 5.55. The minimum atomic E-state index is -1.41. The summed E-state index contributed by atoms with van der Waals surface area (Å²) in [5.74, 6) is -3.59. The highest BCUT2D eigenvalue weighted by Gasteiger charge is 2.21. The van der Waals surface area contributed by atoms with Crippen LogP contribution in [-0.2, 0) is 4.79 Å². The number of nitrogens with one attached hydrogen (secondary N) is 2. The lowest BCUT2D eigenvalue weighted by Crippen LogP contribution is -2.24. The van der Waals surface area contributed by atoms with Gasteiger partial charge >= 0.3 is 11.9 Å². The molecule has 0 aliphatic rings. The molecular weight excluding hydrogens is 526 g/mol. The predicted molar refractivity (Wildman–Crippen MR) is 148 cm³/mol. The molecule has 11 heteroatoms. The second-order valence-electron chi connectivity index (χ2n) is 8.35. The largest absolute Gasteiger partial charge is 0.478 e. The van der Waals surface area contributed by atoms with Gasteiger partial charge in [0.05, 0.1) is 32.2 Å². The average Bonchev–Trinajstić information content (AvgIpc) is 3.28. The Bertz CT molecular complexity index is 1570. The van der Waals surface area contributed by atoms with Gasteiger partial charge in [0.1, 0.15) is 0 Å². The molecule has 1 heterocycles. The zero-order valence-corrected chi connectivity index (χ0v) is 22.0. The number of carbonyl (C=O) groups excluding carboxylic acids is 2. The lowest BCUT2D eigenvalue weighted by atomic mass is 10.0. The number of hydrogen-bond acceptors (Lipinski definition) is 7. The molecule has 194 valence electrons. The van der Waals surface area contributed by atoms with Crippen LogP contribution in [0.5, 0.6) is 0 Å². The number of anilines is 2. The molecule has 1 unspecified atom stereocenters. The molecule has 1 aromatic heterocycles. The molecule has 4 rings (SSSR count). The highest BCUT2D eigenvalue weighted by molar-refractivity contribution is 8.00. The maximum atomic E-state index is 13.0. The molecular formula is C27H23N3O6S2. The van der Waals surface area contributed by atoms with Gasteiger partial charge in [-0.1, -0.05) is 30.4 Å². The third kappa shape index (κ3) is 6.18. The molecule has 0 saturated heterocycles. The van der Waals surface area contributed by atoms with E-state index in [0.717, 1.165) is 26.7 Å². The van der Waals surface area contributed by atoms with Crippen LogP contribution in [0.2, 0.25) is 0 Å². The SMILES string of the molecule is CCC(Sc1cccc(NC(=O)c2ccc(C(=O)O)cc2C(=O)O)c1)C(=O)Nc1nc2ccc(C)cc2s1. The van der Waals surface area contributed by atoms with Gasteiger partial charge in [-0.2, -0.15) is 0 Å². The Morgan fingerprint density at radius 1 is 0.947 bits per heavy atom. The molecule has 38 heavy (non-hydrogen) atoms. The standard InChI is InChI=1S/C27H23N3O6S2/c1-3-21(24(32)30-27-29-20-10-7-14(2)11-22(20)38-27)37-17-6-4-5-16(13-17)28-23(31)18-9-8-15(25(33)34)12-19(18)26(35)36/h4-13,21H,3H2,1-2H3,(H,28,31)(H,33,34)(H,35,36)(H,29,30,32). The number of thioether (sulfide) groups is 1. The van der Waals surface area contributed by atoms with Crippen LogP contribution >= 0.6 is 23.1 Å². The molecule has 4 N–H and O–H groups in total. The summed E-state index contributed by atoms with van der Waals surface area (Å²) in [7, 11) is 0. The first-order valence-electron chi connectivity index (χ1n) is 11.5. The van der Waals surface area contributed by atoms with Gasteiger partial charge in [-0.15, -0.1) is 11.8 Å². The molecule has 0 aliphatic heterocycles. The van der Waals surface area contributed by atoms with E-state index in [2.05, 4.69) is 15.6 Å². The summed E-state index contributed by atoms with van der Waals surface area (Å²) in [5.41, 5.74) is 1.52. The summed E-state index contributed by atoms with van der Waals surface area (Å²) >= 11 is 2.74. The number of hydrogen-bond donors (Lipinski definition) is 4. The number of nitrogens with zero attached hydrogens (tertiary/aromatic N) is 1. The van der Waals surface area contributed by atoms with Crippen LogP contribution in [-0.4, -0.2) is 44.2 Å². The van der Waals surface area contributed by atoms with E-state index < -0.39 is 28.7 Å². The fraction of sp³-hybridized carbons (Fsp3) is 0.148. The molecule has 2 amide bonds.